The van der Waals surface area contributed by atoms with Gasteiger partial charge in [0.25, 0.3) is 0 Å². The molecule has 0 aliphatic rings. The van der Waals surface area contributed by atoms with Crippen molar-refractivity contribution in [1.29, 1.82) is 0 Å². The molecule has 2 aromatic rings. The van der Waals surface area contributed by atoms with E-state index in [0.717, 1.165) is 22.4 Å². The molecule has 0 fully saturated rings. The number of hydrogen-bond acceptors (Lipinski definition) is 4. The molecule has 2 rings (SSSR count). The summed E-state index contributed by atoms with van der Waals surface area (Å²) in [4.78, 5) is 4.45. The van der Waals surface area contributed by atoms with E-state index in [1.807, 2.05) is 25.1 Å². The monoisotopic (exact) mass is 518 g/mol. The van der Waals surface area contributed by atoms with Crippen LogP contribution in [0.3, 0.4) is 0 Å². The second-order valence-corrected chi connectivity index (χ2v) is 7.83. The normalized spacial score (nSPS) is 11.5. The van der Waals surface area contributed by atoms with Gasteiger partial charge in [0.2, 0.25) is 10.0 Å². The highest BCUT2D eigenvalue weighted by Crippen LogP contribution is 2.19. The highest BCUT2D eigenvalue weighted by Gasteiger charge is 2.10. The van der Waals surface area contributed by atoms with Gasteiger partial charge in [-0.05, 0) is 43.3 Å². The Hall–Kier alpha value is -1.85. The maximum atomic E-state index is 11.8. The number of sulfonamides is 1. The van der Waals surface area contributed by atoms with Gasteiger partial charge >= 0.3 is 0 Å². The Kier molecular flexibility index (Phi) is 9.70. The van der Waals surface area contributed by atoms with E-state index in [2.05, 4.69) is 20.3 Å². The minimum Gasteiger partial charge on any atom is -0.496 e. The highest BCUT2D eigenvalue weighted by molar-refractivity contribution is 14.0. The maximum absolute atomic E-state index is 11.8. The Balaban J connectivity index is 0.00000392. The third kappa shape index (κ3) is 6.64. The Morgan fingerprint density at radius 1 is 1.07 bits per heavy atom. The summed E-state index contributed by atoms with van der Waals surface area (Å²) in [6.07, 6.45) is 0. The lowest BCUT2D eigenvalue weighted by Gasteiger charge is -2.14. The van der Waals surface area contributed by atoms with Crippen LogP contribution in [0, 0.1) is 6.92 Å². The summed E-state index contributed by atoms with van der Waals surface area (Å²) in [5.74, 6) is 1.48. The quantitative estimate of drug-likeness (QED) is 0.298. The minimum absolute atomic E-state index is 0. The van der Waals surface area contributed by atoms with Gasteiger partial charge in [-0.25, -0.2) is 13.1 Å². The lowest BCUT2D eigenvalue weighted by Crippen LogP contribution is -2.36. The average molecular weight is 518 g/mol. The van der Waals surface area contributed by atoms with Crippen LogP contribution in [0.1, 0.15) is 16.7 Å². The van der Waals surface area contributed by atoms with Crippen molar-refractivity contribution >= 4 is 40.0 Å². The van der Waals surface area contributed by atoms with E-state index < -0.39 is 10.0 Å². The number of aliphatic imine (C=N–C) groups is 1. The van der Waals surface area contributed by atoms with Crippen molar-refractivity contribution in [2.45, 2.75) is 24.9 Å². The average Bonchev–Trinajstić information content (AvgIpc) is 2.69. The Labute approximate surface area is 184 Å². The lowest BCUT2D eigenvalue weighted by atomic mass is 10.1. The molecule has 0 saturated heterocycles. The molecule has 0 amide bonds. The van der Waals surface area contributed by atoms with Gasteiger partial charge in [0.15, 0.2) is 5.96 Å². The van der Waals surface area contributed by atoms with E-state index >= 15 is 0 Å². The van der Waals surface area contributed by atoms with Gasteiger partial charge in [0.05, 0.1) is 12.0 Å². The van der Waals surface area contributed by atoms with Gasteiger partial charge in [0, 0.05) is 25.7 Å². The smallest absolute Gasteiger partial charge is 0.240 e. The van der Waals surface area contributed by atoms with Crippen LogP contribution in [0.25, 0.3) is 0 Å². The molecular formula is C19H27IN4O3S. The third-order valence-electron chi connectivity index (χ3n) is 4.07. The molecular weight excluding hydrogens is 491 g/mol. The SMILES string of the molecule is CN=C(NCc1ccc(S(=O)(=O)NC)cc1)NCc1ccc(C)cc1OC.I. The molecule has 154 valence electrons. The maximum Gasteiger partial charge on any atom is 0.240 e. The number of hydrogen-bond donors (Lipinski definition) is 3. The predicted molar refractivity (Wildman–Crippen MR) is 123 cm³/mol. The van der Waals surface area contributed by atoms with E-state index in [9.17, 15) is 8.42 Å². The standard InChI is InChI=1S/C19H26N4O3S.HI/c1-14-5-8-16(18(11-14)26-4)13-23-19(20-2)22-12-15-6-9-17(10-7-15)27(24,25)21-3;/h5-11,21H,12-13H2,1-4H3,(H2,20,22,23);1H. The highest BCUT2D eigenvalue weighted by atomic mass is 127. The van der Waals surface area contributed by atoms with Crippen molar-refractivity contribution in [3.05, 3.63) is 59.2 Å². The van der Waals surface area contributed by atoms with Crippen LogP contribution < -0.4 is 20.1 Å². The molecule has 2 aromatic carbocycles. The van der Waals surface area contributed by atoms with Gasteiger partial charge in [-0.3, -0.25) is 4.99 Å². The van der Waals surface area contributed by atoms with Crippen molar-refractivity contribution in [3.63, 3.8) is 0 Å². The van der Waals surface area contributed by atoms with Gasteiger partial charge < -0.3 is 15.4 Å². The first kappa shape index (κ1) is 24.2. The molecule has 28 heavy (non-hydrogen) atoms. The van der Waals surface area contributed by atoms with Crippen molar-refractivity contribution in [2.75, 3.05) is 21.2 Å². The minimum atomic E-state index is -3.42. The second-order valence-electron chi connectivity index (χ2n) is 5.95. The van der Waals surface area contributed by atoms with E-state index in [-0.39, 0.29) is 28.9 Å². The van der Waals surface area contributed by atoms with Gasteiger partial charge in [-0.15, -0.1) is 24.0 Å². The first-order chi connectivity index (χ1) is 12.9. The van der Waals surface area contributed by atoms with Crippen molar-refractivity contribution in [2.24, 2.45) is 4.99 Å². The van der Waals surface area contributed by atoms with Crippen LogP contribution in [0.15, 0.2) is 52.4 Å². The van der Waals surface area contributed by atoms with Crippen LogP contribution in [-0.4, -0.2) is 35.6 Å². The molecule has 7 nitrogen and oxygen atoms in total. The Morgan fingerprint density at radius 3 is 2.29 bits per heavy atom. The van der Waals surface area contributed by atoms with Gasteiger partial charge in [-0.2, -0.15) is 0 Å². The summed E-state index contributed by atoms with van der Waals surface area (Å²) < 4.78 is 31.2. The molecule has 3 N–H and O–H groups in total. The number of ether oxygens (including phenoxy) is 1. The van der Waals surface area contributed by atoms with Crippen LogP contribution in [-0.2, 0) is 23.1 Å². The molecule has 0 unspecified atom stereocenters. The van der Waals surface area contributed by atoms with Crippen molar-refractivity contribution < 1.29 is 13.2 Å². The van der Waals surface area contributed by atoms with Crippen LogP contribution in [0.4, 0.5) is 0 Å². The molecule has 0 aromatic heterocycles. The predicted octanol–water partition coefficient (Wildman–Crippen LogP) is 2.39. The topological polar surface area (TPSA) is 91.8 Å². The van der Waals surface area contributed by atoms with E-state index in [1.165, 1.54) is 7.05 Å². The van der Waals surface area contributed by atoms with Crippen molar-refractivity contribution in [1.82, 2.24) is 15.4 Å². The molecule has 0 heterocycles. The zero-order valence-corrected chi connectivity index (χ0v) is 19.6. The number of nitrogens with one attached hydrogen (secondary N) is 3. The Morgan fingerprint density at radius 2 is 1.71 bits per heavy atom. The summed E-state index contributed by atoms with van der Waals surface area (Å²) in [5, 5.41) is 6.46. The lowest BCUT2D eigenvalue weighted by molar-refractivity contribution is 0.408. The first-order valence-corrected chi connectivity index (χ1v) is 9.98. The molecule has 0 aliphatic heterocycles. The zero-order chi connectivity index (χ0) is 19.9. The van der Waals surface area contributed by atoms with Gasteiger partial charge in [-0.1, -0.05) is 24.3 Å². The number of methoxy groups -OCH3 is 1. The summed E-state index contributed by atoms with van der Waals surface area (Å²) >= 11 is 0. The molecule has 0 saturated carbocycles. The van der Waals surface area contributed by atoms with Crippen LogP contribution >= 0.6 is 24.0 Å². The second kappa shape index (κ2) is 11.2. The molecule has 0 atom stereocenters. The first-order valence-electron chi connectivity index (χ1n) is 8.50. The number of rotatable bonds is 7. The zero-order valence-electron chi connectivity index (χ0n) is 16.4. The number of nitrogens with zero attached hydrogens (tertiary/aromatic N) is 1. The molecule has 0 radical (unpaired) electrons. The molecule has 9 heteroatoms. The van der Waals surface area contributed by atoms with Crippen molar-refractivity contribution in [3.8, 4) is 5.75 Å². The Bertz CT molecular complexity index is 900. The molecule has 0 aliphatic carbocycles. The van der Waals surface area contributed by atoms with Crippen LogP contribution in [0.5, 0.6) is 5.75 Å². The molecule has 0 bridgehead atoms. The molecule has 0 spiro atoms. The number of benzene rings is 2. The number of halogens is 1. The van der Waals surface area contributed by atoms with E-state index in [4.69, 9.17) is 4.74 Å². The summed E-state index contributed by atoms with van der Waals surface area (Å²) in [5.41, 5.74) is 3.12. The van der Waals surface area contributed by atoms with Crippen LogP contribution in [0.2, 0.25) is 0 Å². The van der Waals surface area contributed by atoms with E-state index in [1.54, 1.807) is 38.4 Å². The summed E-state index contributed by atoms with van der Waals surface area (Å²) in [6, 6.07) is 12.8. The fourth-order valence-electron chi connectivity index (χ4n) is 2.49. The van der Waals surface area contributed by atoms with E-state index in [0.29, 0.717) is 19.0 Å². The number of guanidine groups is 1. The number of aryl methyl sites for hydroxylation is 1. The largest absolute Gasteiger partial charge is 0.496 e. The third-order valence-corrected chi connectivity index (χ3v) is 5.51. The summed E-state index contributed by atoms with van der Waals surface area (Å²) in [6.45, 7) is 3.11. The summed E-state index contributed by atoms with van der Waals surface area (Å²) in [7, 11) is 1.33. The fraction of sp³-hybridized carbons (Fsp3) is 0.316. The fourth-order valence-corrected chi connectivity index (χ4v) is 3.22. The van der Waals surface area contributed by atoms with Gasteiger partial charge in [0.1, 0.15) is 5.75 Å².